The first-order valence-corrected chi connectivity index (χ1v) is 10.5. The van der Waals surface area contributed by atoms with E-state index in [0.29, 0.717) is 32.1 Å². The average molecular weight is 479 g/mol. The van der Waals surface area contributed by atoms with E-state index < -0.39 is 23.0 Å². The maximum atomic E-state index is 13.3. The molecule has 0 N–H and O–H groups in total. The number of carbonyl (C=O) groups is 1. The molecule has 13 nitrogen and oxygen atoms in total. The minimum absolute atomic E-state index is 0.230. The molecule has 0 unspecified atom stereocenters. The molecule has 0 bridgehead atoms. The van der Waals surface area contributed by atoms with Gasteiger partial charge in [0, 0.05) is 45.6 Å². The second-order valence-electron chi connectivity index (χ2n) is 7.63. The molecule has 4 heterocycles. The van der Waals surface area contributed by atoms with Crippen LogP contribution < -0.4 is 16.1 Å². The molecule has 0 aliphatic carbocycles. The molecule has 1 aliphatic heterocycles. The van der Waals surface area contributed by atoms with Crippen LogP contribution in [-0.2, 0) is 7.05 Å². The molecular weight excluding hydrogens is 461 g/mol. The van der Waals surface area contributed by atoms with Gasteiger partial charge >= 0.3 is 17.5 Å². The van der Waals surface area contributed by atoms with Crippen molar-refractivity contribution in [2.45, 2.75) is 0 Å². The number of nitrogens with zero attached hydrogens (tertiary/aromatic N) is 9. The number of hydrogen-bond donors (Lipinski definition) is 0. The van der Waals surface area contributed by atoms with Gasteiger partial charge in [0.15, 0.2) is 5.69 Å². The van der Waals surface area contributed by atoms with Gasteiger partial charge in [-0.2, -0.15) is 14.8 Å². The lowest BCUT2D eigenvalue weighted by Crippen LogP contribution is -2.49. The monoisotopic (exact) mass is 479 g/mol. The maximum Gasteiger partial charge on any atom is 0.351 e. The Morgan fingerprint density at radius 1 is 1.03 bits per heavy atom. The molecule has 1 aromatic carbocycles. The number of aromatic nitrogens is 7. The van der Waals surface area contributed by atoms with Crippen LogP contribution in [0, 0.1) is 5.82 Å². The van der Waals surface area contributed by atoms with Gasteiger partial charge in [-0.1, -0.05) is 5.16 Å². The van der Waals surface area contributed by atoms with Crippen molar-refractivity contribution in [3.05, 3.63) is 75.3 Å². The third-order valence-electron chi connectivity index (χ3n) is 5.47. The summed E-state index contributed by atoms with van der Waals surface area (Å²) in [7, 11) is 1.26. The van der Waals surface area contributed by atoms with Gasteiger partial charge < -0.3 is 14.3 Å². The van der Waals surface area contributed by atoms with Crippen LogP contribution in [0.25, 0.3) is 17.2 Å². The lowest BCUT2D eigenvalue weighted by atomic mass is 10.3. The normalized spacial score (nSPS) is 13.8. The third-order valence-corrected chi connectivity index (χ3v) is 5.47. The van der Waals surface area contributed by atoms with Crippen molar-refractivity contribution >= 4 is 11.9 Å². The van der Waals surface area contributed by atoms with E-state index in [1.807, 2.05) is 4.90 Å². The second kappa shape index (κ2) is 8.89. The van der Waals surface area contributed by atoms with Crippen molar-refractivity contribution in [1.82, 2.24) is 39.4 Å². The smallest absolute Gasteiger partial charge is 0.337 e. The summed E-state index contributed by atoms with van der Waals surface area (Å²) in [6, 6.07) is 6.71. The number of amides is 1. The molecule has 0 saturated carbocycles. The highest BCUT2D eigenvalue weighted by atomic mass is 19.1. The Morgan fingerprint density at radius 2 is 1.71 bits per heavy atom. The number of carbonyl (C=O) groups excluding carboxylic acids is 1. The van der Waals surface area contributed by atoms with Gasteiger partial charge in [0.05, 0.1) is 5.69 Å². The zero-order valence-corrected chi connectivity index (χ0v) is 18.4. The molecule has 1 amide bonds. The molecule has 0 atom stereocenters. The van der Waals surface area contributed by atoms with E-state index in [1.54, 1.807) is 23.4 Å². The van der Waals surface area contributed by atoms with Crippen LogP contribution in [-0.4, -0.2) is 71.4 Å². The van der Waals surface area contributed by atoms with E-state index in [4.69, 9.17) is 4.52 Å². The highest BCUT2D eigenvalue weighted by Crippen LogP contribution is 2.14. The van der Waals surface area contributed by atoms with Gasteiger partial charge in [-0.15, -0.1) is 0 Å². The Kier molecular flexibility index (Phi) is 5.60. The number of halogens is 1. The van der Waals surface area contributed by atoms with Gasteiger partial charge in [-0.25, -0.2) is 19.2 Å². The van der Waals surface area contributed by atoms with Gasteiger partial charge in [0.25, 0.3) is 5.56 Å². The number of hydrogen-bond acceptors (Lipinski definition) is 10. The van der Waals surface area contributed by atoms with E-state index in [9.17, 15) is 18.8 Å². The number of piperazine rings is 1. The summed E-state index contributed by atoms with van der Waals surface area (Å²) in [5.74, 6) is -0.974. The van der Waals surface area contributed by atoms with E-state index in [-0.39, 0.29) is 23.1 Å². The summed E-state index contributed by atoms with van der Waals surface area (Å²) in [5.41, 5.74) is -1.59. The summed E-state index contributed by atoms with van der Waals surface area (Å²) in [4.78, 5) is 54.1. The first-order chi connectivity index (χ1) is 16.9. The summed E-state index contributed by atoms with van der Waals surface area (Å²) in [5, 5.41) is 7.78. The lowest BCUT2D eigenvalue weighted by Gasteiger charge is -2.33. The van der Waals surface area contributed by atoms with Gasteiger partial charge in [-0.3, -0.25) is 14.2 Å². The van der Waals surface area contributed by atoms with E-state index in [0.717, 1.165) is 21.4 Å². The fourth-order valence-corrected chi connectivity index (χ4v) is 3.57. The van der Waals surface area contributed by atoms with E-state index in [1.165, 1.54) is 19.2 Å². The summed E-state index contributed by atoms with van der Waals surface area (Å²) < 4.78 is 20.1. The van der Waals surface area contributed by atoms with Gasteiger partial charge in [0.2, 0.25) is 11.8 Å². The fourth-order valence-electron chi connectivity index (χ4n) is 3.57. The third kappa shape index (κ3) is 4.16. The zero-order valence-electron chi connectivity index (χ0n) is 18.4. The summed E-state index contributed by atoms with van der Waals surface area (Å²) >= 11 is 0. The summed E-state index contributed by atoms with van der Waals surface area (Å²) in [6.45, 7) is 1.79. The highest BCUT2D eigenvalue weighted by Gasteiger charge is 2.28. The van der Waals surface area contributed by atoms with Gasteiger partial charge in [-0.05, 0) is 30.3 Å². The fraction of sp³-hybridized carbons (Fsp3) is 0.238. The standard InChI is InChI=1S/C21H18FN9O4/c1-28-18(32)15(26-31(21(28)34)14-5-3-13(22)4-6-14)16-25-17(35-27-16)19(33)29-9-11-30(12-10-29)20-23-7-2-8-24-20/h2-8H,9-12H2,1H3. The van der Waals surface area contributed by atoms with Gasteiger partial charge in [0.1, 0.15) is 5.82 Å². The predicted molar refractivity (Wildman–Crippen MR) is 118 cm³/mol. The van der Waals surface area contributed by atoms with Crippen molar-refractivity contribution < 1.29 is 13.7 Å². The summed E-state index contributed by atoms with van der Waals surface area (Å²) in [6.07, 6.45) is 3.30. The van der Waals surface area contributed by atoms with Crippen LogP contribution in [0.4, 0.5) is 10.3 Å². The zero-order chi connectivity index (χ0) is 24.5. The SMILES string of the molecule is Cn1c(=O)c(-c2noc(C(=O)N3CCN(c4ncccn4)CC3)n2)nn(-c2ccc(F)cc2)c1=O. The van der Waals surface area contributed by atoms with Crippen LogP contribution in [0.15, 0.2) is 56.8 Å². The molecule has 1 aliphatic rings. The number of anilines is 1. The number of benzene rings is 1. The highest BCUT2D eigenvalue weighted by molar-refractivity contribution is 5.90. The Morgan fingerprint density at radius 3 is 2.40 bits per heavy atom. The minimum atomic E-state index is -0.773. The topological polar surface area (TPSA) is 145 Å². The molecule has 3 aromatic heterocycles. The molecule has 14 heteroatoms. The quantitative estimate of drug-likeness (QED) is 0.388. The first-order valence-electron chi connectivity index (χ1n) is 10.5. The second-order valence-corrected chi connectivity index (χ2v) is 7.63. The molecule has 0 spiro atoms. The maximum absolute atomic E-state index is 13.3. The van der Waals surface area contributed by atoms with Crippen molar-refractivity contribution in [3.63, 3.8) is 0 Å². The van der Waals surface area contributed by atoms with Crippen molar-refractivity contribution in [2.24, 2.45) is 7.05 Å². The molecule has 0 radical (unpaired) electrons. The Hall–Kier alpha value is -4.75. The molecule has 35 heavy (non-hydrogen) atoms. The average Bonchev–Trinajstić information content (AvgIpc) is 3.38. The largest absolute Gasteiger partial charge is 0.351 e. The Balaban J connectivity index is 1.39. The van der Waals surface area contributed by atoms with E-state index in [2.05, 4.69) is 25.2 Å². The van der Waals surface area contributed by atoms with Crippen molar-refractivity contribution in [1.29, 1.82) is 0 Å². The van der Waals surface area contributed by atoms with Crippen LogP contribution >= 0.6 is 0 Å². The van der Waals surface area contributed by atoms with E-state index >= 15 is 0 Å². The van der Waals surface area contributed by atoms with Crippen molar-refractivity contribution in [2.75, 3.05) is 31.1 Å². The minimum Gasteiger partial charge on any atom is -0.337 e. The molecule has 5 rings (SSSR count). The molecule has 1 fully saturated rings. The van der Waals surface area contributed by atoms with Crippen LogP contribution in [0.5, 0.6) is 0 Å². The lowest BCUT2D eigenvalue weighted by molar-refractivity contribution is 0.0696. The molecule has 1 saturated heterocycles. The molecule has 4 aromatic rings. The Labute approximate surface area is 196 Å². The predicted octanol–water partition coefficient (Wildman–Crippen LogP) is -0.127. The van der Waals surface area contributed by atoms with Crippen molar-refractivity contribution in [3.8, 4) is 17.2 Å². The first kappa shape index (κ1) is 22.1. The van der Waals surface area contributed by atoms with Crippen LogP contribution in [0.1, 0.15) is 10.7 Å². The van der Waals surface area contributed by atoms with Crippen LogP contribution in [0.3, 0.4) is 0 Å². The molecule has 178 valence electrons. The van der Waals surface area contributed by atoms with Crippen LogP contribution in [0.2, 0.25) is 0 Å². The Bertz CT molecular complexity index is 1490. The molecular formula is C21H18FN9O4. The number of rotatable bonds is 4.